The number of carbonyl (C=O) groups is 1. The third-order valence-corrected chi connectivity index (χ3v) is 6.66. The van der Waals surface area contributed by atoms with Crippen LogP contribution in [0.25, 0.3) is 33.0 Å². The molecule has 138 valence electrons. The molecule has 0 radical (unpaired) electrons. The number of rotatable bonds is 4. The zero-order valence-corrected chi connectivity index (χ0v) is 16.8. The van der Waals surface area contributed by atoms with Crippen LogP contribution in [-0.4, -0.2) is 11.1 Å². The molecule has 5 heteroatoms. The van der Waals surface area contributed by atoms with Gasteiger partial charge in [0.2, 0.25) is 0 Å². The first kappa shape index (κ1) is 18.3. The molecule has 1 N–H and O–H groups in total. The van der Waals surface area contributed by atoms with Crippen LogP contribution in [-0.2, 0) is 6.14 Å². The Kier molecular flexibility index (Phi) is 4.92. The summed E-state index contributed by atoms with van der Waals surface area (Å²) in [7, 11) is 0. The van der Waals surface area contributed by atoms with Gasteiger partial charge in [0.25, 0.3) is 0 Å². The summed E-state index contributed by atoms with van der Waals surface area (Å²) in [6.07, 6.45) is 0. The number of halogens is 1. The van der Waals surface area contributed by atoms with Crippen LogP contribution in [0, 0.1) is 3.57 Å². The van der Waals surface area contributed by atoms with E-state index in [-0.39, 0.29) is 9.13 Å². The van der Waals surface area contributed by atoms with Crippen molar-refractivity contribution < 1.29 is 16.0 Å². The maximum Gasteiger partial charge on any atom is 0.342 e. The van der Waals surface area contributed by atoms with Gasteiger partial charge in [-0.2, -0.15) is 0 Å². The molecule has 0 amide bonds. The summed E-state index contributed by atoms with van der Waals surface area (Å²) >= 11 is -4.11. The molecular formula is C23H15IO4. The number of hydrogen-bond donors (Lipinski definition) is 1. The molecule has 0 fully saturated rings. The zero-order valence-electron chi connectivity index (χ0n) is 14.6. The van der Waals surface area contributed by atoms with Gasteiger partial charge in [0.15, 0.2) is 0 Å². The number of fused-ring (bicyclic) bond motifs is 1. The number of carboxylic acid groups (broad SMARTS) is 1. The van der Waals surface area contributed by atoms with E-state index in [1.807, 2.05) is 42.5 Å². The Balaban J connectivity index is 2.20. The second kappa shape index (κ2) is 7.52. The van der Waals surface area contributed by atoms with E-state index in [0.717, 1.165) is 16.5 Å². The van der Waals surface area contributed by atoms with Gasteiger partial charge in [-0.3, -0.25) is 0 Å². The molecule has 0 aliphatic carbocycles. The Hall–Kier alpha value is -3.06. The summed E-state index contributed by atoms with van der Waals surface area (Å²) in [6.45, 7) is 0. The second-order valence-electron chi connectivity index (χ2n) is 6.27. The maximum atomic E-state index is 12.2. The average molecular weight is 482 g/mol. The molecule has 0 atom stereocenters. The highest BCUT2D eigenvalue weighted by atomic mass is 127. The van der Waals surface area contributed by atoms with Gasteiger partial charge in [0.1, 0.15) is 0 Å². The molecule has 4 nitrogen and oxygen atoms in total. The summed E-state index contributed by atoms with van der Waals surface area (Å²) in [5.41, 5.74) is 2.74. The van der Waals surface area contributed by atoms with Crippen molar-refractivity contribution in [3.8, 4) is 22.3 Å². The third-order valence-electron chi connectivity index (χ3n) is 4.66. The van der Waals surface area contributed by atoms with Crippen molar-refractivity contribution in [3.05, 3.63) is 94.1 Å². The van der Waals surface area contributed by atoms with Gasteiger partial charge < -0.3 is 5.11 Å². The molecular weight excluding hydrogens is 467 g/mol. The quantitative estimate of drug-likeness (QED) is 0.350. The third kappa shape index (κ3) is 3.18. The Morgan fingerprint density at radius 3 is 1.79 bits per heavy atom. The van der Waals surface area contributed by atoms with Crippen molar-refractivity contribution in [2.45, 2.75) is 0 Å². The topological polar surface area (TPSA) is 71.4 Å². The lowest BCUT2D eigenvalue weighted by molar-refractivity contribution is 0.0696. The lowest BCUT2D eigenvalue weighted by Gasteiger charge is -2.14. The van der Waals surface area contributed by atoms with E-state index in [0.29, 0.717) is 16.5 Å². The first-order valence-corrected chi connectivity index (χ1v) is 11.4. The lowest BCUT2D eigenvalue weighted by Crippen LogP contribution is -2.05. The van der Waals surface area contributed by atoms with Crippen molar-refractivity contribution >= 4 is 36.5 Å². The Labute approximate surface area is 168 Å². The molecule has 0 aliphatic rings. The predicted molar refractivity (Wildman–Crippen MR) is 116 cm³/mol. The highest BCUT2D eigenvalue weighted by Crippen LogP contribution is 2.40. The summed E-state index contributed by atoms with van der Waals surface area (Å²) < 4.78 is 24.4. The van der Waals surface area contributed by atoms with Crippen LogP contribution in [0.15, 0.2) is 84.9 Å². The van der Waals surface area contributed by atoms with E-state index < -0.39 is 25.8 Å². The minimum absolute atomic E-state index is 0.0640. The molecule has 0 saturated carbocycles. The molecule has 0 spiro atoms. The summed E-state index contributed by atoms with van der Waals surface area (Å²) in [5.74, 6) is -1.24. The first-order chi connectivity index (χ1) is 13.6. The van der Waals surface area contributed by atoms with E-state index in [1.54, 1.807) is 42.5 Å². The fourth-order valence-corrected chi connectivity index (χ4v) is 5.37. The lowest BCUT2D eigenvalue weighted by atomic mass is 9.91. The van der Waals surface area contributed by atoms with Crippen LogP contribution in [0.3, 0.4) is 0 Å². The molecule has 0 unspecified atom stereocenters. The van der Waals surface area contributed by atoms with E-state index >= 15 is 0 Å². The highest BCUT2D eigenvalue weighted by molar-refractivity contribution is 14.2. The van der Waals surface area contributed by atoms with E-state index in [4.69, 9.17) is 0 Å². The fourth-order valence-electron chi connectivity index (χ4n) is 3.47. The molecule has 0 saturated heterocycles. The average Bonchev–Trinajstić information content (AvgIpc) is 2.72. The van der Waals surface area contributed by atoms with Crippen LogP contribution >= 0.6 is 19.8 Å². The monoisotopic (exact) mass is 482 g/mol. The SMILES string of the molecule is O=C(O)c1c(-c2ccccc2)cc2c(-c3ccccc3)cccc2c1I(=O)=O. The molecule has 0 heterocycles. The number of carboxylic acids is 1. The van der Waals surface area contributed by atoms with Gasteiger partial charge in [0.05, 0.1) is 9.13 Å². The second-order valence-corrected chi connectivity index (χ2v) is 8.59. The first-order valence-electron chi connectivity index (χ1n) is 8.57. The van der Waals surface area contributed by atoms with Crippen LogP contribution in [0.4, 0.5) is 0 Å². The summed E-state index contributed by atoms with van der Waals surface area (Å²) in [6, 6.07) is 25.8. The van der Waals surface area contributed by atoms with Gasteiger partial charge in [-0.25, -0.2) is 10.9 Å². The Bertz CT molecular complexity index is 1250. The van der Waals surface area contributed by atoms with Gasteiger partial charge in [-0.15, -0.1) is 0 Å². The molecule has 4 aromatic rings. The van der Waals surface area contributed by atoms with Crippen LogP contribution in [0.2, 0.25) is 0 Å². The van der Waals surface area contributed by atoms with Crippen LogP contribution in [0.5, 0.6) is 0 Å². The number of benzene rings is 4. The minimum atomic E-state index is -4.11. The van der Waals surface area contributed by atoms with Crippen molar-refractivity contribution in [1.82, 2.24) is 0 Å². The van der Waals surface area contributed by atoms with Crippen molar-refractivity contribution in [3.63, 3.8) is 0 Å². The predicted octanol–water partition coefficient (Wildman–Crippen LogP) is 6.24. The Morgan fingerprint density at radius 2 is 1.25 bits per heavy atom. The summed E-state index contributed by atoms with van der Waals surface area (Å²) in [4.78, 5) is 12.1. The molecule has 28 heavy (non-hydrogen) atoms. The molecule has 0 aliphatic heterocycles. The van der Waals surface area contributed by atoms with E-state index in [1.165, 1.54) is 0 Å². The Morgan fingerprint density at radius 1 is 0.679 bits per heavy atom. The molecule has 4 rings (SSSR count). The van der Waals surface area contributed by atoms with Gasteiger partial charge in [-0.05, 0) is 33.7 Å². The molecule has 0 bridgehead atoms. The van der Waals surface area contributed by atoms with Crippen molar-refractivity contribution in [2.24, 2.45) is 0 Å². The molecule has 4 aromatic carbocycles. The largest absolute Gasteiger partial charge is 0.478 e. The van der Waals surface area contributed by atoms with Gasteiger partial charge >= 0.3 is 25.8 Å². The van der Waals surface area contributed by atoms with Crippen molar-refractivity contribution in [2.75, 3.05) is 0 Å². The van der Waals surface area contributed by atoms with Gasteiger partial charge in [-0.1, -0.05) is 78.9 Å². The van der Waals surface area contributed by atoms with E-state index in [9.17, 15) is 16.0 Å². The molecule has 0 aromatic heterocycles. The normalized spacial score (nSPS) is 11.0. The number of hydrogen-bond acceptors (Lipinski definition) is 3. The summed E-state index contributed by atoms with van der Waals surface area (Å²) in [5, 5.41) is 11.0. The standard InChI is InChI=1S/C23H15IO4/c25-23(26)21-19(16-10-5-2-6-11-16)14-20-17(15-8-3-1-4-9-15)12-7-13-18(20)22(21)24(27)28/h1-14H,(H,25,26). The number of aromatic carboxylic acids is 1. The van der Waals surface area contributed by atoms with Crippen molar-refractivity contribution in [1.29, 1.82) is 0 Å². The smallest absolute Gasteiger partial charge is 0.342 e. The fraction of sp³-hybridized carbons (Fsp3) is 0. The minimum Gasteiger partial charge on any atom is -0.478 e. The zero-order chi connectivity index (χ0) is 19.7. The van der Waals surface area contributed by atoms with Crippen LogP contribution in [0.1, 0.15) is 10.4 Å². The van der Waals surface area contributed by atoms with Crippen LogP contribution < -0.4 is 0 Å². The maximum absolute atomic E-state index is 12.2. The van der Waals surface area contributed by atoms with Gasteiger partial charge in [0, 0.05) is 5.39 Å². The van der Waals surface area contributed by atoms with E-state index in [2.05, 4.69) is 0 Å². The highest BCUT2D eigenvalue weighted by Gasteiger charge is 2.24.